The van der Waals surface area contributed by atoms with E-state index in [9.17, 15) is 0 Å². The molecule has 0 aliphatic carbocycles. The van der Waals surface area contributed by atoms with Crippen LogP contribution < -0.4 is 10.1 Å². The van der Waals surface area contributed by atoms with Crippen LogP contribution in [0.25, 0.3) is 0 Å². The van der Waals surface area contributed by atoms with Gasteiger partial charge in [0, 0.05) is 18.5 Å². The third kappa shape index (κ3) is 2.50. The van der Waals surface area contributed by atoms with Crippen LogP contribution in [0, 0.1) is 11.3 Å². The van der Waals surface area contributed by atoms with E-state index in [2.05, 4.69) is 15.3 Å². The van der Waals surface area contributed by atoms with Crippen LogP contribution in [0.4, 0.5) is 11.5 Å². The molecule has 1 heterocycles. The number of nitrogens with zero attached hydrogens (tertiary/aromatic N) is 3. The van der Waals surface area contributed by atoms with Crippen LogP contribution in [0.2, 0.25) is 5.15 Å². The summed E-state index contributed by atoms with van der Waals surface area (Å²) in [6.07, 6.45) is 3.04. The lowest BCUT2D eigenvalue weighted by atomic mass is 10.2. The predicted octanol–water partition coefficient (Wildman–Crippen LogP) is 2.75. The van der Waals surface area contributed by atoms with Gasteiger partial charge >= 0.3 is 0 Å². The Hall–Kier alpha value is -2.32. The lowest BCUT2D eigenvalue weighted by molar-refractivity contribution is 0.416. The van der Waals surface area contributed by atoms with Gasteiger partial charge in [0.25, 0.3) is 0 Å². The second kappa shape index (κ2) is 5.34. The number of nitrogens with one attached hydrogen (secondary N) is 1. The largest absolute Gasteiger partial charge is 0.495 e. The first-order valence-corrected chi connectivity index (χ1v) is 5.44. The Balaban J connectivity index is 2.35. The van der Waals surface area contributed by atoms with Crippen LogP contribution in [0.5, 0.6) is 5.75 Å². The highest BCUT2D eigenvalue weighted by Crippen LogP contribution is 2.29. The summed E-state index contributed by atoms with van der Waals surface area (Å²) in [6, 6.07) is 7.07. The van der Waals surface area contributed by atoms with Crippen molar-refractivity contribution in [1.82, 2.24) is 9.97 Å². The summed E-state index contributed by atoms with van der Waals surface area (Å²) in [4.78, 5) is 7.98. The van der Waals surface area contributed by atoms with Crippen molar-refractivity contribution in [3.05, 3.63) is 41.3 Å². The number of anilines is 2. The topological polar surface area (TPSA) is 70.8 Å². The van der Waals surface area contributed by atoms with Gasteiger partial charge in [-0.2, -0.15) is 5.26 Å². The molecule has 1 aromatic heterocycles. The van der Waals surface area contributed by atoms with Crippen LogP contribution in [-0.2, 0) is 0 Å². The molecule has 0 spiro atoms. The van der Waals surface area contributed by atoms with Crippen LogP contribution in [0.15, 0.2) is 30.6 Å². The molecule has 18 heavy (non-hydrogen) atoms. The molecule has 0 fully saturated rings. The zero-order valence-corrected chi connectivity index (χ0v) is 10.3. The molecule has 0 saturated carbocycles. The molecule has 0 unspecified atom stereocenters. The van der Waals surface area contributed by atoms with E-state index in [1.165, 1.54) is 19.5 Å². The molecular weight excluding hydrogens is 252 g/mol. The molecule has 1 aromatic carbocycles. The minimum Gasteiger partial charge on any atom is -0.495 e. The lowest BCUT2D eigenvalue weighted by Crippen LogP contribution is -1.98. The molecule has 1 N–H and O–H groups in total. The van der Waals surface area contributed by atoms with Gasteiger partial charge in [-0.1, -0.05) is 11.6 Å². The maximum Gasteiger partial charge on any atom is 0.171 e. The molecule has 0 radical (unpaired) electrons. The highest BCUT2D eigenvalue weighted by atomic mass is 35.5. The van der Waals surface area contributed by atoms with E-state index in [1.54, 1.807) is 18.2 Å². The average Bonchev–Trinajstić information content (AvgIpc) is 2.41. The van der Waals surface area contributed by atoms with Gasteiger partial charge in [-0.15, -0.1) is 0 Å². The Labute approximate surface area is 109 Å². The lowest BCUT2D eigenvalue weighted by Gasteiger charge is -2.11. The number of hydrogen-bond donors (Lipinski definition) is 1. The number of aromatic nitrogens is 2. The monoisotopic (exact) mass is 260 g/mol. The Morgan fingerprint density at radius 3 is 2.78 bits per heavy atom. The van der Waals surface area contributed by atoms with Crippen LogP contribution >= 0.6 is 11.6 Å². The fraction of sp³-hybridized carbons (Fsp3) is 0.0833. The number of hydrogen-bond acceptors (Lipinski definition) is 5. The molecule has 2 rings (SSSR count). The Morgan fingerprint density at radius 2 is 2.11 bits per heavy atom. The zero-order valence-electron chi connectivity index (χ0n) is 9.51. The average molecular weight is 261 g/mol. The maximum atomic E-state index is 8.81. The first-order chi connectivity index (χ1) is 8.74. The molecule has 5 nitrogen and oxygen atoms in total. The number of rotatable bonds is 3. The van der Waals surface area contributed by atoms with Crippen molar-refractivity contribution in [3.63, 3.8) is 0 Å². The fourth-order valence-corrected chi connectivity index (χ4v) is 1.55. The van der Waals surface area contributed by atoms with E-state index in [-0.39, 0.29) is 5.15 Å². The molecule has 0 amide bonds. The first-order valence-electron chi connectivity index (χ1n) is 5.06. The van der Waals surface area contributed by atoms with Crippen molar-refractivity contribution in [2.75, 3.05) is 12.4 Å². The summed E-state index contributed by atoms with van der Waals surface area (Å²) in [6.45, 7) is 0. The fourth-order valence-electron chi connectivity index (χ4n) is 1.40. The number of halogens is 1. The quantitative estimate of drug-likeness (QED) is 0.919. The van der Waals surface area contributed by atoms with E-state index in [0.29, 0.717) is 22.8 Å². The smallest absolute Gasteiger partial charge is 0.171 e. The molecule has 2 aromatic rings. The third-order valence-electron chi connectivity index (χ3n) is 2.24. The number of nitriles is 1. The van der Waals surface area contributed by atoms with Gasteiger partial charge in [0.15, 0.2) is 11.0 Å². The summed E-state index contributed by atoms with van der Waals surface area (Å²) in [5, 5.41) is 12.1. The second-order valence-electron chi connectivity index (χ2n) is 3.35. The number of ether oxygens (including phenoxy) is 1. The minimum atomic E-state index is 0.268. The highest BCUT2D eigenvalue weighted by Gasteiger charge is 2.08. The Kier molecular flexibility index (Phi) is 3.60. The number of benzene rings is 1. The van der Waals surface area contributed by atoms with Crippen molar-refractivity contribution >= 4 is 23.1 Å². The predicted molar refractivity (Wildman–Crippen MR) is 68.0 cm³/mol. The molecule has 0 aliphatic heterocycles. The van der Waals surface area contributed by atoms with Crippen LogP contribution in [0.1, 0.15) is 5.56 Å². The van der Waals surface area contributed by atoms with Crippen LogP contribution in [0.3, 0.4) is 0 Å². The summed E-state index contributed by atoms with van der Waals surface area (Å²) in [5.41, 5.74) is 1.18. The summed E-state index contributed by atoms with van der Waals surface area (Å²) in [5.74, 6) is 0.970. The minimum absolute atomic E-state index is 0.268. The van der Waals surface area contributed by atoms with Gasteiger partial charge in [-0.05, 0) is 12.1 Å². The Morgan fingerprint density at radius 1 is 1.33 bits per heavy atom. The van der Waals surface area contributed by atoms with Crippen molar-refractivity contribution < 1.29 is 4.74 Å². The van der Waals surface area contributed by atoms with E-state index in [4.69, 9.17) is 21.6 Å². The van der Waals surface area contributed by atoms with E-state index >= 15 is 0 Å². The molecule has 6 heteroatoms. The second-order valence-corrected chi connectivity index (χ2v) is 3.71. The van der Waals surface area contributed by atoms with E-state index < -0.39 is 0 Å². The van der Waals surface area contributed by atoms with E-state index in [1.807, 2.05) is 6.07 Å². The first kappa shape index (κ1) is 12.1. The normalized spacial score (nSPS) is 9.61. The summed E-state index contributed by atoms with van der Waals surface area (Å²) in [7, 11) is 1.53. The van der Waals surface area contributed by atoms with Gasteiger partial charge in [0.1, 0.15) is 5.75 Å². The van der Waals surface area contributed by atoms with Crippen LogP contribution in [-0.4, -0.2) is 17.1 Å². The van der Waals surface area contributed by atoms with Gasteiger partial charge in [0.05, 0.1) is 24.4 Å². The maximum absolute atomic E-state index is 8.81. The van der Waals surface area contributed by atoms with Gasteiger partial charge < -0.3 is 10.1 Å². The molecule has 90 valence electrons. The molecule has 0 atom stereocenters. The molecule has 0 bridgehead atoms. The summed E-state index contributed by atoms with van der Waals surface area (Å²) >= 11 is 5.90. The third-order valence-corrected chi connectivity index (χ3v) is 2.51. The van der Waals surface area contributed by atoms with Gasteiger partial charge in [0.2, 0.25) is 0 Å². The zero-order chi connectivity index (χ0) is 13.0. The van der Waals surface area contributed by atoms with Gasteiger partial charge in [-0.3, -0.25) is 0 Å². The standard InChI is InChI=1S/C12H9ClN4O/c1-18-10-6-8(7-14)2-3-9(10)17-12-11(13)15-4-5-16-12/h2-6H,1H3,(H,16,17). The van der Waals surface area contributed by atoms with Crippen molar-refractivity contribution in [3.8, 4) is 11.8 Å². The van der Waals surface area contributed by atoms with E-state index in [0.717, 1.165) is 0 Å². The molecular formula is C12H9ClN4O. The Bertz CT molecular complexity index is 609. The van der Waals surface area contributed by atoms with Crippen molar-refractivity contribution in [2.24, 2.45) is 0 Å². The summed E-state index contributed by atoms with van der Waals surface area (Å²) < 4.78 is 5.20. The highest BCUT2D eigenvalue weighted by molar-refractivity contribution is 6.31. The molecule has 0 saturated heterocycles. The molecule has 0 aliphatic rings. The van der Waals surface area contributed by atoms with Gasteiger partial charge in [-0.25, -0.2) is 9.97 Å². The number of methoxy groups -OCH3 is 1. The van der Waals surface area contributed by atoms with Crippen molar-refractivity contribution in [2.45, 2.75) is 0 Å². The SMILES string of the molecule is COc1cc(C#N)ccc1Nc1nccnc1Cl. The van der Waals surface area contributed by atoms with Crippen molar-refractivity contribution in [1.29, 1.82) is 5.26 Å².